The fourth-order valence-corrected chi connectivity index (χ4v) is 2.73. The molecule has 0 radical (unpaired) electrons. The molecule has 3 amide bonds. The molecule has 1 heterocycles. The van der Waals surface area contributed by atoms with Gasteiger partial charge in [-0.1, -0.05) is 0 Å². The number of aliphatic carboxylic acids is 1. The average molecular weight is 275 g/mol. The van der Waals surface area contributed by atoms with E-state index in [1.165, 1.54) is 0 Å². The molecule has 7 nitrogen and oxygen atoms in total. The van der Waals surface area contributed by atoms with Crippen molar-refractivity contribution in [3.05, 3.63) is 0 Å². The van der Waals surface area contributed by atoms with Crippen molar-refractivity contribution in [2.75, 3.05) is 11.5 Å². The Labute approximate surface area is 109 Å². The zero-order chi connectivity index (χ0) is 13.5. The van der Waals surface area contributed by atoms with Gasteiger partial charge >= 0.3 is 12.0 Å². The Morgan fingerprint density at radius 3 is 2.67 bits per heavy atom. The summed E-state index contributed by atoms with van der Waals surface area (Å²) in [5.74, 6) is 0.0735. The molecule has 5 N–H and O–H groups in total. The molecular weight excluding hydrogens is 258 g/mol. The van der Waals surface area contributed by atoms with Gasteiger partial charge in [0.05, 0.1) is 0 Å². The number of nitrogens with one attached hydrogen (secondary N) is 2. The van der Waals surface area contributed by atoms with E-state index in [2.05, 4.69) is 10.6 Å². The van der Waals surface area contributed by atoms with Gasteiger partial charge in [0.15, 0.2) is 0 Å². The minimum absolute atomic E-state index is 0.00248. The Kier molecular flexibility index (Phi) is 5.76. The van der Waals surface area contributed by atoms with Crippen LogP contribution in [0.2, 0.25) is 0 Å². The summed E-state index contributed by atoms with van der Waals surface area (Å²) >= 11 is 1.74. The van der Waals surface area contributed by atoms with Gasteiger partial charge < -0.3 is 21.5 Å². The molecule has 0 spiro atoms. The fraction of sp³-hybridized carbons (Fsp3) is 0.700. The second kappa shape index (κ2) is 7.10. The number of hydrogen-bond acceptors (Lipinski definition) is 4. The minimum Gasteiger partial charge on any atom is -0.480 e. The third-order valence-corrected chi connectivity index (χ3v) is 3.71. The molecule has 0 aromatic rings. The Bertz CT molecular complexity index is 331. The standard InChI is InChI=1S/C10H17N3O4S/c11-8(14)2-1-7(9(15)16)13-10(17)12-6-3-4-18-5-6/h6-7H,1-5H2,(H2,11,14)(H,15,16)(H2,12,13,17). The predicted molar refractivity (Wildman–Crippen MR) is 67.2 cm³/mol. The van der Waals surface area contributed by atoms with Crippen LogP contribution in [-0.4, -0.2) is 46.6 Å². The van der Waals surface area contributed by atoms with Crippen LogP contribution in [0.4, 0.5) is 4.79 Å². The average Bonchev–Trinajstić information content (AvgIpc) is 2.76. The second-order valence-corrected chi connectivity index (χ2v) is 5.22. The van der Waals surface area contributed by atoms with Gasteiger partial charge in [-0.25, -0.2) is 9.59 Å². The molecule has 1 aliphatic rings. The van der Waals surface area contributed by atoms with Gasteiger partial charge in [0, 0.05) is 18.2 Å². The first-order chi connectivity index (χ1) is 8.49. The Morgan fingerprint density at radius 2 is 2.17 bits per heavy atom. The van der Waals surface area contributed by atoms with Crippen LogP contribution in [0, 0.1) is 0 Å². The number of hydrogen-bond donors (Lipinski definition) is 4. The maximum Gasteiger partial charge on any atom is 0.326 e. The van der Waals surface area contributed by atoms with Crippen LogP contribution in [0.3, 0.4) is 0 Å². The van der Waals surface area contributed by atoms with Crippen molar-refractivity contribution in [2.45, 2.75) is 31.3 Å². The summed E-state index contributed by atoms with van der Waals surface area (Å²) in [5.41, 5.74) is 4.94. The van der Waals surface area contributed by atoms with Crippen LogP contribution < -0.4 is 16.4 Å². The van der Waals surface area contributed by atoms with E-state index in [1.807, 2.05) is 0 Å². The largest absolute Gasteiger partial charge is 0.480 e. The molecule has 18 heavy (non-hydrogen) atoms. The van der Waals surface area contributed by atoms with Gasteiger partial charge in [-0.05, 0) is 18.6 Å². The molecule has 0 bridgehead atoms. The number of thioether (sulfide) groups is 1. The number of rotatable bonds is 6. The highest BCUT2D eigenvalue weighted by atomic mass is 32.2. The van der Waals surface area contributed by atoms with Crippen LogP contribution in [0.5, 0.6) is 0 Å². The molecule has 0 saturated carbocycles. The van der Waals surface area contributed by atoms with Gasteiger partial charge in [0.1, 0.15) is 6.04 Å². The minimum atomic E-state index is -1.17. The van der Waals surface area contributed by atoms with E-state index >= 15 is 0 Å². The summed E-state index contributed by atoms with van der Waals surface area (Å²) < 4.78 is 0. The second-order valence-electron chi connectivity index (χ2n) is 4.07. The third-order valence-electron chi connectivity index (χ3n) is 2.55. The molecule has 0 aliphatic carbocycles. The van der Waals surface area contributed by atoms with Crippen LogP contribution in [0.15, 0.2) is 0 Å². The maximum absolute atomic E-state index is 11.5. The van der Waals surface area contributed by atoms with Crippen LogP contribution >= 0.6 is 11.8 Å². The van der Waals surface area contributed by atoms with Crippen LogP contribution in [-0.2, 0) is 9.59 Å². The van der Waals surface area contributed by atoms with Crippen LogP contribution in [0.25, 0.3) is 0 Å². The number of carboxylic acids is 1. The summed E-state index contributed by atoms with van der Waals surface area (Å²) in [6.45, 7) is 0. The molecule has 102 valence electrons. The summed E-state index contributed by atoms with van der Waals surface area (Å²) in [7, 11) is 0. The summed E-state index contributed by atoms with van der Waals surface area (Å²) in [6, 6.07) is -1.52. The van der Waals surface area contributed by atoms with E-state index in [-0.39, 0.29) is 18.9 Å². The smallest absolute Gasteiger partial charge is 0.326 e. The zero-order valence-electron chi connectivity index (χ0n) is 9.85. The van der Waals surface area contributed by atoms with Crippen molar-refractivity contribution < 1.29 is 19.5 Å². The lowest BCUT2D eigenvalue weighted by atomic mass is 10.1. The highest BCUT2D eigenvalue weighted by Gasteiger charge is 2.23. The number of carbonyl (C=O) groups is 3. The van der Waals surface area contributed by atoms with Gasteiger partial charge in [0.25, 0.3) is 0 Å². The van der Waals surface area contributed by atoms with Crippen LogP contribution in [0.1, 0.15) is 19.3 Å². The van der Waals surface area contributed by atoms with Gasteiger partial charge in [-0.15, -0.1) is 0 Å². The normalized spacial score (nSPS) is 20.1. The lowest BCUT2D eigenvalue weighted by Gasteiger charge is -2.17. The summed E-state index contributed by atoms with van der Waals surface area (Å²) in [4.78, 5) is 33.0. The number of carbonyl (C=O) groups excluding carboxylic acids is 2. The Balaban J connectivity index is 2.36. The van der Waals surface area contributed by atoms with Crippen molar-refractivity contribution >= 4 is 29.7 Å². The van der Waals surface area contributed by atoms with Gasteiger partial charge in [-0.3, -0.25) is 4.79 Å². The monoisotopic (exact) mass is 275 g/mol. The quantitative estimate of drug-likeness (QED) is 0.521. The van der Waals surface area contributed by atoms with Gasteiger partial charge in [-0.2, -0.15) is 11.8 Å². The highest BCUT2D eigenvalue weighted by Crippen LogP contribution is 2.16. The first-order valence-electron chi connectivity index (χ1n) is 5.65. The molecule has 1 fully saturated rings. The van der Waals surface area contributed by atoms with Crippen molar-refractivity contribution in [3.8, 4) is 0 Å². The van der Waals surface area contributed by atoms with E-state index in [9.17, 15) is 14.4 Å². The first-order valence-corrected chi connectivity index (χ1v) is 6.80. The Hall–Kier alpha value is -1.44. The number of nitrogens with two attached hydrogens (primary N) is 1. The van der Waals surface area contributed by atoms with E-state index in [4.69, 9.17) is 10.8 Å². The fourth-order valence-electron chi connectivity index (χ4n) is 1.58. The molecule has 8 heteroatoms. The lowest BCUT2D eigenvalue weighted by molar-refractivity contribution is -0.139. The molecule has 2 unspecified atom stereocenters. The van der Waals surface area contributed by atoms with Crippen molar-refractivity contribution in [1.29, 1.82) is 0 Å². The number of primary amides is 1. The summed E-state index contributed by atoms with van der Waals surface area (Å²) in [6.07, 6.45) is 0.811. The maximum atomic E-state index is 11.5. The van der Waals surface area contributed by atoms with E-state index in [0.717, 1.165) is 17.9 Å². The van der Waals surface area contributed by atoms with Crippen molar-refractivity contribution in [3.63, 3.8) is 0 Å². The number of carboxylic acid groups (broad SMARTS) is 1. The number of urea groups is 1. The van der Waals surface area contributed by atoms with Crippen molar-refractivity contribution in [2.24, 2.45) is 5.73 Å². The molecule has 1 rings (SSSR count). The van der Waals surface area contributed by atoms with E-state index in [0.29, 0.717) is 0 Å². The highest BCUT2D eigenvalue weighted by molar-refractivity contribution is 7.99. The zero-order valence-corrected chi connectivity index (χ0v) is 10.7. The molecule has 0 aromatic heterocycles. The molecular formula is C10H17N3O4S. The van der Waals surface area contributed by atoms with E-state index < -0.39 is 23.9 Å². The summed E-state index contributed by atoms with van der Waals surface area (Å²) in [5, 5.41) is 13.9. The first kappa shape index (κ1) is 14.6. The molecule has 1 aliphatic heterocycles. The third kappa shape index (κ3) is 5.26. The van der Waals surface area contributed by atoms with E-state index in [1.54, 1.807) is 11.8 Å². The van der Waals surface area contributed by atoms with Crippen molar-refractivity contribution in [1.82, 2.24) is 10.6 Å². The molecule has 0 aromatic carbocycles. The topological polar surface area (TPSA) is 122 Å². The molecule has 1 saturated heterocycles. The Morgan fingerprint density at radius 1 is 1.44 bits per heavy atom. The lowest BCUT2D eigenvalue weighted by Crippen LogP contribution is -2.49. The SMILES string of the molecule is NC(=O)CCC(NC(=O)NC1CCSC1)C(=O)O. The predicted octanol–water partition coefficient (Wildman–Crippen LogP) is -0.490. The van der Waals surface area contributed by atoms with Gasteiger partial charge in [0.2, 0.25) is 5.91 Å². The molecule has 2 atom stereocenters. The number of amides is 3.